The van der Waals surface area contributed by atoms with Gasteiger partial charge in [-0.3, -0.25) is 14.5 Å². The predicted octanol–water partition coefficient (Wildman–Crippen LogP) is 3.46. The summed E-state index contributed by atoms with van der Waals surface area (Å²) in [5.41, 5.74) is 2.47. The van der Waals surface area contributed by atoms with Crippen molar-refractivity contribution >= 4 is 17.5 Å². The van der Waals surface area contributed by atoms with Crippen molar-refractivity contribution in [2.45, 2.75) is 12.5 Å². The van der Waals surface area contributed by atoms with Crippen LogP contribution >= 0.6 is 0 Å². The highest BCUT2D eigenvalue weighted by molar-refractivity contribution is 6.03. The molecule has 2 amide bonds. The van der Waals surface area contributed by atoms with Gasteiger partial charge in [-0.25, -0.2) is 5.01 Å². The number of benzene rings is 2. The van der Waals surface area contributed by atoms with Gasteiger partial charge < -0.3 is 28.3 Å². The van der Waals surface area contributed by atoms with Gasteiger partial charge in [-0.05, 0) is 59.7 Å². The Morgan fingerprint density at radius 1 is 0.976 bits per heavy atom. The molecule has 3 heterocycles. The van der Waals surface area contributed by atoms with Crippen molar-refractivity contribution in [1.29, 1.82) is 0 Å². The molecule has 222 valence electrons. The van der Waals surface area contributed by atoms with E-state index in [0.29, 0.717) is 44.2 Å². The fourth-order valence-corrected chi connectivity index (χ4v) is 5.15. The number of carbonyl (C=O) groups excluding carboxylic acids is 2. The van der Waals surface area contributed by atoms with E-state index in [0.717, 1.165) is 35.7 Å². The van der Waals surface area contributed by atoms with Crippen LogP contribution in [0.2, 0.25) is 0 Å². The van der Waals surface area contributed by atoms with Crippen LogP contribution in [0.25, 0.3) is 0 Å². The van der Waals surface area contributed by atoms with Crippen molar-refractivity contribution in [2.75, 3.05) is 67.3 Å². The monoisotopic (exact) mass is 576 g/mol. The van der Waals surface area contributed by atoms with Gasteiger partial charge in [0.05, 0.1) is 52.6 Å². The average molecular weight is 577 g/mol. The van der Waals surface area contributed by atoms with Crippen LogP contribution in [0.5, 0.6) is 17.2 Å². The van der Waals surface area contributed by atoms with Crippen molar-refractivity contribution in [3.05, 3.63) is 77.7 Å². The van der Waals surface area contributed by atoms with Crippen LogP contribution in [0.3, 0.4) is 0 Å². The third kappa shape index (κ3) is 6.58. The number of methoxy groups -OCH3 is 3. The van der Waals surface area contributed by atoms with Crippen LogP contribution in [0.1, 0.15) is 34.1 Å². The molecule has 0 aliphatic carbocycles. The normalized spacial score (nSPS) is 17.1. The average Bonchev–Trinajstić information content (AvgIpc) is 3.74. The lowest BCUT2D eigenvalue weighted by molar-refractivity contribution is -0.133. The number of morpholine rings is 1. The summed E-state index contributed by atoms with van der Waals surface area (Å²) in [4.78, 5) is 31.2. The summed E-state index contributed by atoms with van der Waals surface area (Å²) in [6, 6.07) is 16.0. The van der Waals surface area contributed by atoms with Crippen molar-refractivity contribution in [3.8, 4) is 17.2 Å². The maximum Gasteiger partial charge on any atom is 0.290 e. The first-order valence-corrected chi connectivity index (χ1v) is 13.9. The first-order chi connectivity index (χ1) is 20.5. The fourth-order valence-electron chi connectivity index (χ4n) is 5.15. The third-order valence-corrected chi connectivity index (χ3v) is 7.52. The maximum absolute atomic E-state index is 14.0. The van der Waals surface area contributed by atoms with Crippen molar-refractivity contribution < 1.29 is 33.0 Å². The molecule has 1 atom stereocenters. The van der Waals surface area contributed by atoms with Crippen molar-refractivity contribution in [2.24, 2.45) is 5.10 Å². The fraction of sp³-hybridized carbons (Fsp3) is 0.387. The smallest absolute Gasteiger partial charge is 0.290 e. The molecule has 0 spiro atoms. The first-order valence-electron chi connectivity index (χ1n) is 13.9. The second-order valence-electron chi connectivity index (χ2n) is 10.0. The Labute approximate surface area is 245 Å². The van der Waals surface area contributed by atoms with Gasteiger partial charge in [0, 0.05) is 32.6 Å². The number of hydrogen-bond acceptors (Lipinski definition) is 9. The van der Waals surface area contributed by atoms with E-state index in [1.165, 1.54) is 16.2 Å². The molecule has 11 heteroatoms. The summed E-state index contributed by atoms with van der Waals surface area (Å²) in [7, 11) is 4.77. The van der Waals surface area contributed by atoms with E-state index in [4.69, 9.17) is 28.5 Å². The summed E-state index contributed by atoms with van der Waals surface area (Å²) in [6.45, 7) is 3.66. The molecule has 0 radical (unpaired) electrons. The standard InChI is InChI=1S/C31H36N4O7/c1-38-24-9-6-22(7-10-24)25-20-26(23-8-11-27(39-2)29(19-23)40-3)35(32-25)30(36)21-34(31(37)28-5-4-16-42-28)13-12-33-14-17-41-18-15-33/h4-11,16,19,26H,12-15,17-18,20-21H2,1-3H3/t26-/m1/s1. The quantitative estimate of drug-likeness (QED) is 0.342. The van der Waals surface area contributed by atoms with Crippen LogP contribution in [-0.4, -0.2) is 99.6 Å². The highest BCUT2D eigenvalue weighted by Gasteiger charge is 2.35. The number of carbonyl (C=O) groups is 2. The zero-order chi connectivity index (χ0) is 29.5. The van der Waals surface area contributed by atoms with Crippen molar-refractivity contribution in [3.63, 3.8) is 0 Å². The summed E-state index contributed by atoms with van der Waals surface area (Å²) >= 11 is 0. The lowest BCUT2D eigenvalue weighted by Gasteiger charge is -2.30. The summed E-state index contributed by atoms with van der Waals surface area (Å²) in [6.07, 6.45) is 1.93. The lowest BCUT2D eigenvalue weighted by atomic mass is 9.98. The maximum atomic E-state index is 14.0. The highest BCUT2D eigenvalue weighted by Crippen LogP contribution is 2.37. The SMILES string of the molecule is COc1ccc(C2=NN(C(=O)CN(CCN3CCOCC3)C(=O)c3ccco3)[C@@H](c3ccc(OC)c(OC)c3)C2)cc1. The number of hydrazone groups is 1. The molecule has 2 aromatic carbocycles. The summed E-state index contributed by atoms with van der Waals surface area (Å²) < 4.78 is 27.1. The summed E-state index contributed by atoms with van der Waals surface area (Å²) in [5.74, 6) is 1.41. The molecular weight excluding hydrogens is 540 g/mol. The Morgan fingerprint density at radius 3 is 2.40 bits per heavy atom. The number of rotatable bonds is 11. The molecule has 0 unspecified atom stereocenters. The van der Waals surface area contributed by atoms with Gasteiger partial charge in [0.2, 0.25) is 0 Å². The molecule has 11 nitrogen and oxygen atoms in total. The molecule has 2 aliphatic rings. The molecule has 0 saturated carbocycles. The largest absolute Gasteiger partial charge is 0.497 e. The Kier molecular flexibility index (Phi) is 9.40. The van der Waals surface area contributed by atoms with Gasteiger partial charge in [0.1, 0.15) is 12.3 Å². The van der Waals surface area contributed by atoms with Gasteiger partial charge in [-0.2, -0.15) is 5.10 Å². The molecule has 1 saturated heterocycles. The molecular formula is C31H36N4O7. The minimum absolute atomic E-state index is 0.160. The molecule has 42 heavy (non-hydrogen) atoms. The van der Waals surface area contributed by atoms with E-state index >= 15 is 0 Å². The minimum Gasteiger partial charge on any atom is -0.497 e. The van der Waals surface area contributed by atoms with E-state index in [9.17, 15) is 9.59 Å². The van der Waals surface area contributed by atoms with E-state index in [2.05, 4.69) is 4.90 Å². The Morgan fingerprint density at radius 2 is 1.74 bits per heavy atom. The zero-order valence-corrected chi connectivity index (χ0v) is 24.2. The summed E-state index contributed by atoms with van der Waals surface area (Å²) in [5, 5.41) is 6.28. The van der Waals surface area contributed by atoms with Gasteiger partial charge in [0.25, 0.3) is 11.8 Å². The molecule has 0 bridgehead atoms. The lowest BCUT2D eigenvalue weighted by Crippen LogP contribution is -2.46. The van der Waals surface area contributed by atoms with Crippen LogP contribution in [0.4, 0.5) is 0 Å². The van der Waals surface area contributed by atoms with Crippen LogP contribution in [0.15, 0.2) is 70.4 Å². The van der Waals surface area contributed by atoms with Crippen molar-refractivity contribution in [1.82, 2.24) is 14.8 Å². The molecule has 0 N–H and O–H groups in total. The van der Waals surface area contributed by atoms with Gasteiger partial charge >= 0.3 is 0 Å². The van der Waals surface area contributed by atoms with Gasteiger partial charge in [0.15, 0.2) is 17.3 Å². The van der Waals surface area contributed by atoms with E-state index in [1.54, 1.807) is 33.5 Å². The van der Waals surface area contributed by atoms with E-state index in [-0.39, 0.29) is 24.1 Å². The second-order valence-corrected chi connectivity index (χ2v) is 10.0. The zero-order valence-electron chi connectivity index (χ0n) is 24.2. The van der Waals surface area contributed by atoms with Crippen LogP contribution in [0, 0.1) is 0 Å². The number of nitrogens with zero attached hydrogens (tertiary/aromatic N) is 4. The van der Waals surface area contributed by atoms with E-state index < -0.39 is 6.04 Å². The Balaban J connectivity index is 1.43. The minimum atomic E-state index is -0.408. The molecule has 3 aromatic rings. The Bertz CT molecular complexity index is 1380. The van der Waals surface area contributed by atoms with Crippen LogP contribution < -0.4 is 14.2 Å². The first kappa shape index (κ1) is 29.2. The number of hydrogen-bond donors (Lipinski definition) is 0. The molecule has 2 aliphatic heterocycles. The molecule has 1 aromatic heterocycles. The highest BCUT2D eigenvalue weighted by atomic mass is 16.5. The van der Waals surface area contributed by atoms with Gasteiger partial charge in [-0.15, -0.1) is 0 Å². The number of ether oxygens (including phenoxy) is 4. The molecule has 5 rings (SSSR count). The second kappa shape index (κ2) is 13.5. The predicted molar refractivity (Wildman–Crippen MR) is 155 cm³/mol. The Hall–Kier alpha value is -4.35. The molecule has 1 fully saturated rings. The number of furan rings is 1. The third-order valence-electron chi connectivity index (χ3n) is 7.52. The van der Waals surface area contributed by atoms with Gasteiger partial charge in [-0.1, -0.05) is 6.07 Å². The number of amides is 2. The van der Waals surface area contributed by atoms with E-state index in [1.807, 2.05) is 42.5 Å². The van der Waals surface area contributed by atoms with Crippen LogP contribution in [-0.2, 0) is 9.53 Å². The topological polar surface area (TPSA) is 106 Å².